The Hall–Kier alpha value is -2.35. The van der Waals surface area contributed by atoms with Crippen LogP contribution >= 0.6 is 0 Å². The quantitative estimate of drug-likeness (QED) is 0.532. The Labute approximate surface area is 216 Å². The number of nitrogens with one attached hydrogen (secondary N) is 2. The SMILES string of the molecule is CC(C)(C)n1ccc(C2C[C@@H](C(=O)NC34CC5CC(CC(C5)C3)C4)N[C@H]2c2ccc(C(F)(F)F)cc2)n1. The zero-order valence-electron chi connectivity index (χ0n) is 21.8. The van der Waals surface area contributed by atoms with E-state index in [1.807, 2.05) is 16.9 Å². The maximum Gasteiger partial charge on any atom is 0.416 e. The summed E-state index contributed by atoms with van der Waals surface area (Å²) in [5.41, 5.74) is 0.664. The van der Waals surface area contributed by atoms with E-state index in [0.29, 0.717) is 6.42 Å². The number of alkyl halides is 3. The summed E-state index contributed by atoms with van der Waals surface area (Å²) >= 11 is 0. The smallest absolute Gasteiger partial charge is 0.349 e. The standard InChI is InChI=1S/C29H37F3N4O/c1-27(2,3)36-9-8-23(35-36)22-13-24(33-25(22)20-4-6-21(7-5-20)29(30,31)32)26(37)34-28-14-17-10-18(15-28)12-19(11-17)16-28/h4-9,17-19,22,24-25,33H,10-16H2,1-3H3,(H,34,37)/t17?,18?,19?,22?,24-,25-,28?/m0/s1. The van der Waals surface area contributed by atoms with Gasteiger partial charge in [0.25, 0.3) is 0 Å². The van der Waals surface area contributed by atoms with Crippen molar-refractivity contribution in [2.24, 2.45) is 17.8 Å². The summed E-state index contributed by atoms with van der Waals surface area (Å²) in [5, 5.41) is 11.8. The molecule has 1 unspecified atom stereocenters. The molecule has 7 rings (SSSR count). The Morgan fingerprint density at radius 3 is 2.08 bits per heavy atom. The van der Waals surface area contributed by atoms with Crippen molar-refractivity contribution < 1.29 is 18.0 Å². The minimum Gasteiger partial charge on any atom is -0.349 e. The van der Waals surface area contributed by atoms with Crippen LogP contribution in [0.4, 0.5) is 13.2 Å². The van der Waals surface area contributed by atoms with Crippen molar-refractivity contribution in [1.29, 1.82) is 0 Å². The van der Waals surface area contributed by atoms with E-state index in [0.717, 1.165) is 60.4 Å². The van der Waals surface area contributed by atoms with Gasteiger partial charge in [-0.05, 0) is 107 Å². The molecule has 5 nitrogen and oxygen atoms in total. The van der Waals surface area contributed by atoms with Crippen LogP contribution in [0.1, 0.15) is 94.5 Å². The number of amides is 1. The molecule has 5 aliphatic rings. The Balaban J connectivity index is 1.25. The van der Waals surface area contributed by atoms with Crippen molar-refractivity contribution in [1.82, 2.24) is 20.4 Å². The first-order valence-corrected chi connectivity index (χ1v) is 13.7. The maximum atomic E-state index is 13.7. The molecule has 1 amide bonds. The van der Waals surface area contributed by atoms with E-state index in [1.54, 1.807) is 0 Å². The number of carbonyl (C=O) groups is 1. The van der Waals surface area contributed by atoms with Gasteiger partial charge in [-0.2, -0.15) is 18.3 Å². The molecule has 4 aliphatic carbocycles. The molecule has 2 N–H and O–H groups in total. The Morgan fingerprint density at radius 1 is 0.973 bits per heavy atom. The Bertz CT molecular complexity index is 1130. The summed E-state index contributed by atoms with van der Waals surface area (Å²) < 4.78 is 41.5. The number of hydrogen-bond acceptors (Lipinski definition) is 3. The average molecular weight is 515 g/mol. The van der Waals surface area contributed by atoms with Gasteiger partial charge >= 0.3 is 6.18 Å². The van der Waals surface area contributed by atoms with Gasteiger partial charge in [0.2, 0.25) is 5.91 Å². The number of rotatable bonds is 4. The van der Waals surface area contributed by atoms with Crippen molar-refractivity contribution >= 4 is 5.91 Å². The summed E-state index contributed by atoms with van der Waals surface area (Å²) in [6, 6.07) is 6.60. The minimum absolute atomic E-state index is 0.0246. The highest BCUT2D eigenvalue weighted by Crippen LogP contribution is 2.55. The van der Waals surface area contributed by atoms with E-state index >= 15 is 0 Å². The van der Waals surface area contributed by atoms with Gasteiger partial charge in [-0.15, -0.1) is 0 Å². The fourth-order valence-corrected chi connectivity index (χ4v) is 7.99. The van der Waals surface area contributed by atoms with Gasteiger partial charge in [-0.25, -0.2) is 0 Å². The van der Waals surface area contributed by atoms with Gasteiger partial charge in [0.1, 0.15) is 0 Å². The number of halogens is 3. The summed E-state index contributed by atoms with van der Waals surface area (Å²) in [5.74, 6) is 2.11. The first-order chi connectivity index (χ1) is 17.4. The van der Waals surface area contributed by atoms with Crippen LogP contribution in [0.5, 0.6) is 0 Å². The molecule has 1 aliphatic heterocycles. The number of hydrogen-bond donors (Lipinski definition) is 2. The Kier molecular flexibility index (Phi) is 5.79. The van der Waals surface area contributed by atoms with Gasteiger partial charge in [-0.3, -0.25) is 14.8 Å². The highest BCUT2D eigenvalue weighted by atomic mass is 19.4. The van der Waals surface area contributed by atoms with Crippen LogP contribution in [-0.2, 0) is 16.5 Å². The second-order valence-electron chi connectivity index (χ2n) is 13.2. The summed E-state index contributed by atoms with van der Waals surface area (Å²) in [6.07, 6.45) is 5.30. The molecular weight excluding hydrogens is 477 g/mol. The van der Waals surface area contributed by atoms with Gasteiger partial charge in [0, 0.05) is 23.7 Å². The van der Waals surface area contributed by atoms with Crippen molar-refractivity contribution in [3.8, 4) is 0 Å². The van der Waals surface area contributed by atoms with Crippen LogP contribution in [0.15, 0.2) is 36.5 Å². The van der Waals surface area contributed by atoms with E-state index < -0.39 is 17.8 Å². The average Bonchev–Trinajstić information content (AvgIpc) is 3.45. The molecule has 0 radical (unpaired) electrons. The van der Waals surface area contributed by atoms with Gasteiger partial charge in [0.05, 0.1) is 22.8 Å². The van der Waals surface area contributed by atoms with Gasteiger partial charge in [0.15, 0.2) is 0 Å². The third-order valence-corrected chi connectivity index (χ3v) is 9.29. The maximum absolute atomic E-state index is 13.7. The number of nitrogens with zero attached hydrogens (tertiary/aromatic N) is 2. The van der Waals surface area contributed by atoms with E-state index in [9.17, 15) is 18.0 Å². The van der Waals surface area contributed by atoms with Crippen LogP contribution in [0.25, 0.3) is 0 Å². The first kappa shape index (κ1) is 25.0. The van der Waals surface area contributed by atoms with E-state index in [4.69, 9.17) is 5.10 Å². The normalized spacial score (nSPS) is 35.2. The molecule has 1 saturated heterocycles. The second-order valence-corrected chi connectivity index (χ2v) is 13.2. The molecule has 1 aromatic heterocycles. The lowest BCUT2D eigenvalue weighted by Crippen LogP contribution is -2.62. The van der Waals surface area contributed by atoms with Crippen molar-refractivity contribution in [2.75, 3.05) is 0 Å². The fraction of sp³-hybridized carbons (Fsp3) is 0.655. The molecule has 1 aromatic carbocycles. The van der Waals surface area contributed by atoms with Crippen molar-refractivity contribution in [2.45, 2.75) is 101 Å². The highest BCUT2D eigenvalue weighted by molar-refractivity contribution is 5.83. The number of aromatic nitrogens is 2. The molecular formula is C29H37F3N4O. The van der Waals surface area contributed by atoms with Crippen LogP contribution < -0.4 is 10.6 Å². The first-order valence-electron chi connectivity index (χ1n) is 13.7. The molecule has 0 spiro atoms. The van der Waals surface area contributed by atoms with Gasteiger partial charge in [-0.1, -0.05) is 12.1 Å². The van der Waals surface area contributed by atoms with E-state index in [-0.39, 0.29) is 28.9 Å². The monoisotopic (exact) mass is 514 g/mol. The summed E-state index contributed by atoms with van der Waals surface area (Å²) in [4.78, 5) is 13.7. The van der Waals surface area contributed by atoms with Crippen molar-refractivity contribution in [3.05, 3.63) is 53.3 Å². The Morgan fingerprint density at radius 2 is 1.57 bits per heavy atom. The lowest BCUT2D eigenvalue weighted by atomic mass is 9.53. The highest BCUT2D eigenvalue weighted by Gasteiger charge is 2.52. The van der Waals surface area contributed by atoms with Crippen LogP contribution in [0, 0.1) is 17.8 Å². The predicted octanol–water partition coefficient (Wildman–Crippen LogP) is 5.93. The van der Waals surface area contributed by atoms with E-state index in [1.165, 1.54) is 31.4 Å². The molecule has 2 heterocycles. The third-order valence-electron chi connectivity index (χ3n) is 9.29. The lowest BCUT2D eigenvalue weighted by Gasteiger charge is -2.57. The molecule has 4 bridgehead atoms. The molecule has 37 heavy (non-hydrogen) atoms. The zero-order chi connectivity index (χ0) is 26.2. The van der Waals surface area contributed by atoms with Gasteiger partial charge < -0.3 is 5.32 Å². The van der Waals surface area contributed by atoms with Crippen LogP contribution in [-0.4, -0.2) is 27.3 Å². The molecule has 3 atom stereocenters. The summed E-state index contributed by atoms with van der Waals surface area (Å²) in [6.45, 7) is 6.23. The van der Waals surface area contributed by atoms with Crippen LogP contribution in [0.3, 0.4) is 0 Å². The topological polar surface area (TPSA) is 59.0 Å². The van der Waals surface area contributed by atoms with E-state index in [2.05, 4.69) is 31.4 Å². The molecule has 5 fully saturated rings. The number of benzene rings is 1. The largest absolute Gasteiger partial charge is 0.416 e. The second kappa shape index (κ2) is 8.58. The number of carbonyl (C=O) groups excluding carboxylic acids is 1. The molecule has 200 valence electrons. The lowest BCUT2D eigenvalue weighted by molar-refractivity contribution is -0.137. The molecule has 4 saturated carbocycles. The predicted molar refractivity (Wildman–Crippen MR) is 135 cm³/mol. The summed E-state index contributed by atoms with van der Waals surface area (Å²) in [7, 11) is 0. The fourth-order valence-electron chi connectivity index (χ4n) is 7.99. The zero-order valence-corrected chi connectivity index (χ0v) is 21.8. The van der Waals surface area contributed by atoms with Crippen molar-refractivity contribution in [3.63, 3.8) is 0 Å². The molecule has 8 heteroatoms. The minimum atomic E-state index is -4.38. The van der Waals surface area contributed by atoms with Crippen LogP contribution in [0.2, 0.25) is 0 Å². The third kappa shape index (κ3) is 4.70. The molecule has 2 aromatic rings.